The van der Waals surface area contributed by atoms with Crippen LogP contribution in [0.4, 0.5) is 0 Å². The molecule has 0 bridgehead atoms. The highest BCUT2D eigenvalue weighted by Crippen LogP contribution is 2.85. The SMILES string of the molecule is C=CC(O)[C@@H](C)[C@H]1CC[C@H]2[C@@H]3CC4(OCCO4)[C@]45C[C@H]4CC[C@]5(C)[C@H]3CC[C@]12C. The Balaban J connectivity index is 1.37. The normalized spacial score (nSPS) is 56.2. The maximum absolute atomic E-state index is 10.5. The molecule has 5 saturated carbocycles. The highest BCUT2D eigenvalue weighted by Gasteiger charge is 2.83. The van der Waals surface area contributed by atoms with Gasteiger partial charge in [-0.2, -0.15) is 0 Å². The molecule has 3 nitrogen and oxygen atoms in total. The summed E-state index contributed by atoms with van der Waals surface area (Å²) in [5, 5.41) is 10.5. The van der Waals surface area contributed by atoms with Gasteiger partial charge in [-0.3, -0.25) is 0 Å². The van der Waals surface area contributed by atoms with E-state index in [0.29, 0.717) is 28.1 Å². The van der Waals surface area contributed by atoms with Crippen LogP contribution in [0.1, 0.15) is 72.1 Å². The number of ether oxygens (including phenoxy) is 2. The minimum absolute atomic E-state index is 0.285. The molecular weight excluding hydrogens is 360 g/mol. The van der Waals surface area contributed by atoms with Gasteiger partial charge in [-0.15, -0.1) is 6.58 Å². The lowest BCUT2D eigenvalue weighted by Gasteiger charge is -2.63. The average molecular weight is 401 g/mol. The van der Waals surface area contributed by atoms with E-state index in [1.807, 2.05) is 0 Å². The van der Waals surface area contributed by atoms with Crippen LogP contribution in [-0.4, -0.2) is 30.2 Å². The summed E-state index contributed by atoms with van der Waals surface area (Å²) in [4.78, 5) is 0. The van der Waals surface area contributed by atoms with Crippen molar-refractivity contribution in [1.82, 2.24) is 0 Å². The summed E-state index contributed by atoms with van der Waals surface area (Å²) in [6.45, 7) is 12.9. The van der Waals surface area contributed by atoms with E-state index in [1.165, 1.54) is 44.9 Å². The minimum Gasteiger partial charge on any atom is -0.389 e. The van der Waals surface area contributed by atoms with Gasteiger partial charge in [0.25, 0.3) is 0 Å². The Bertz CT molecular complexity index is 713. The van der Waals surface area contributed by atoms with Crippen LogP contribution >= 0.6 is 0 Å². The van der Waals surface area contributed by atoms with Crippen LogP contribution in [0.5, 0.6) is 0 Å². The van der Waals surface area contributed by atoms with Crippen molar-refractivity contribution in [2.24, 2.45) is 51.8 Å². The summed E-state index contributed by atoms with van der Waals surface area (Å²) >= 11 is 0. The van der Waals surface area contributed by atoms with Gasteiger partial charge in [0, 0.05) is 11.8 Å². The first-order valence-corrected chi connectivity index (χ1v) is 12.4. The van der Waals surface area contributed by atoms with Crippen LogP contribution in [0.25, 0.3) is 0 Å². The minimum atomic E-state index is -0.379. The molecule has 3 heteroatoms. The lowest BCUT2D eigenvalue weighted by molar-refractivity contribution is -0.294. The number of fused-ring (bicyclic) bond motifs is 4. The maximum atomic E-state index is 10.5. The topological polar surface area (TPSA) is 38.7 Å². The standard InChI is InChI=1S/C26H40O3/c1-5-22(27)16(2)19-6-7-20-18-15-26(28-12-13-29-26)25-14-17(25)8-11-24(25,4)21(18)9-10-23(19,20)3/h5,16-22,27H,1,6-15H2,2-4H3/t16-,17+,18-,19+,20-,21-,22?,23+,24+,25+/m0/s1. The monoisotopic (exact) mass is 400 g/mol. The quantitative estimate of drug-likeness (QED) is 0.663. The molecule has 1 saturated heterocycles. The van der Waals surface area contributed by atoms with E-state index in [2.05, 4.69) is 27.4 Å². The highest BCUT2D eigenvalue weighted by molar-refractivity contribution is 5.29. The van der Waals surface area contributed by atoms with Gasteiger partial charge in [0.15, 0.2) is 5.79 Å². The summed E-state index contributed by atoms with van der Waals surface area (Å²) in [7, 11) is 0. The highest BCUT2D eigenvalue weighted by atomic mass is 16.7. The molecule has 5 aliphatic carbocycles. The predicted molar refractivity (Wildman–Crippen MR) is 113 cm³/mol. The summed E-state index contributed by atoms with van der Waals surface area (Å²) in [5.74, 6) is 3.78. The van der Waals surface area contributed by atoms with E-state index in [4.69, 9.17) is 9.47 Å². The Morgan fingerprint density at radius 1 is 1.00 bits per heavy atom. The summed E-state index contributed by atoms with van der Waals surface area (Å²) in [5.41, 5.74) is 1.05. The lowest BCUT2D eigenvalue weighted by atomic mass is 9.44. The first-order valence-electron chi connectivity index (χ1n) is 12.4. The molecule has 6 rings (SSSR count). The fraction of sp³-hybridized carbons (Fsp3) is 0.923. The molecule has 6 aliphatic rings. The molecule has 1 N–H and O–H groups in total. The average Bonchev–Trinajstić information content (AvgIpc) is 2.99. The Morgan fingerprint density at radius 3 is 2.45 bits per heavy atom. The molecule has 0 radical (unpaired) electrons. The maximum Gasteiger partial charge on any atom is 0.175 e. The Kier molecular flexibility index (Phi) is 3.93. The molecule has 0 amide bonds. The number of hydrogen-bond acceptors (Lipinski definition) is 3. The van der Waals surface area contributed by atoms with E-state index in [1.54, 1.807) is 6.08 Å². The molecular formula is C26H40O3. The molecule has 1 heterocycles. The number of rotatable bonds is 3. The van der Waals surface area contributed by atoms with Crippen LogP contribution in [0, 0.1) is 51.8 Å². The van der Waals surface area contributed by atoms with Crippen molar-refractivity contribution < 1.29 is 14.6 Å². The van der Waals surface area contributed by atoms with Gasteiger partial charge < -0.3 is 14.6 Å². The molecule has 1 unspecified atom stereocenters. The van der Waals surface area contributed by atoms with Crippen LogP contribution in [0.3, 0.4) is 0 Å². The third-order valence-electron chi connectivity index (χ3n) is 11.8. The van der Waals surface area contributed by atoms with Crippen molar-refractivity contribution >= 4 is 0 Å². The van der Waals surface area contributed by atoms with Crippen molar-refractivity contribution in [3.8, 4) is 0 Å². The van der Waals surface area contributed by atoms with E-state index < -0.39 is 0 Å². The van der Waals surface area contributed by atoms with Gasteiger partial charge in [0.1, 0.15) is 0 Å². The number of hydrogen-bond donors (Lipinski definition) is 1. The van der Waals surface area contributed by atoms with Gasteiger partial charge in [-0.25, -0.2) is 0 Å². The third kappa shape index (κ3) is 2.07. The van der Waals surface area contributed by atoms with Gasteiger partial charge >= 0.3 is 0 Å². The summed E-state index contributed by atoms with van der Waals surface area (Å²) < 4.78 is 13.2. The first kappa shape index (κ1) is 19.3. The molecule has 29 heavy (non-hydrogen) atoms. The van der Waals surface area contributed by atoms with Crippen molar-refractivity contribution in [3.05, 3.63) is 12.7 Å². The van der Waals surface area contributed by atoms with Crippen molar-refractivity contribution in [2.75, 3.05) is 13.2 Å². The second kappa shape index (κ2) is 5.90. The zero-order valence-corrected chi connectivity index (χ0v) is 18.7. The zero-order chi connectivity index (χ0) is 20.2. The van der Waals surface area contributed by atoms with Crippen LogP contribution in [0.2, 0.25) is 0 Å². The molecule has 162 valence electrons. The van der Waals surface area contributed by atoms with Crippen LogP contribution < -0.4 is 0 Å². The summed E-state index contributed by atoms with van der Waals surface area (Å²) in [6.07, 6.45) is 11.9. The second-order valence-electron chi connectivity index (χ2n) is 12.2. The fourth-order valence-corrected chi connectivity index (χ4v) is 10.5. The van der Waals surface area contributed by atoms with E-state index in [-0.39, 0.29) is 11.9 Å². The third-order valence-corrected chi connectivity index (χ3v) is 11.8. The molecule has 0 aromatic rings. The fourth-order valence-electron chi connectivity index (χ4n) is 10.5. The number of aliphatic hydroxyl groups excluding tert-OH is 1. The Labute approximate surface area is 176 Å². The van der Waals surface area contributed by atoms with Gasteiger partial charge in [0.2, 0.25) is 0 Å². The van der Waals surface area contributed by atoms with E-state index >= 15 is 0 Å². The largest absolute Gasteiger partial charge is 0.389 e. The first-order chi connectivity index (χ1) is 13.8. The van der Waals surface area contributed by atoms with Crippen LogP contribution in [-0.2, 0) is 9.47 Å². The molecule has 1 aliphatic heterocycles. The van der Waals surface area contributed by atoms with Crippen molar-refractivity contribution in [1.29, 1.82) is 0 Å². The van der Waals surface area contributed by atoms with Gasteiger partial charge in [-0.05, 0) is 91.3 Å². The molecule has 10 atom stereocenters. The smallest absolute Gasteiger partial charge is 0.175 e. The van der Waals surface area contributed by atoms with Gasteiger partial charge in [0.05, 0.1) is 19.3 Å². The Morgan fingerprint density at radius 2 is 1.76 bits per heavy atom. The van der Waals surface area contributed by atoms with Gasteiger partial charge in [-0.1, -0.05) is 26.8 Å². The molecule has 2 spiro atoms. The molecule has 0 aromatic carbocycles. The van der Waals surface area contributed by atoms with Crippen LogP contribution in [0.15, 0.2) is 12.7 Å². The molecule has 0 aromatic heterocycles. The Hall–Kier alpha value is -0.380. The number of aliphatic hydroxyl groups is 1. The van der Waals surface area contributed by atoms with Crippen molar-refractivity contribution in [3.63, 3.8) is 0 Å². The predicted octanol–water partition coefficient (Wildman–Crippen LogP) is 5.18. The summed E-state index contributed by atoms with van der Waals surface area (Å²) in [6, 6.07) is 0. The van der Waals surface area contributed by atoms with E-state index in [0.717, 1.165) is 43.3 Å². The zero-order valence-electron chi connectivity index (χ0n) is 18.7. The molecule has 6 fully saturated rings. The lowest BCUT2D eigenvalue weighted by Crippen LogP contribution is -2.62. The second-order valence-corrected chi connectivity index (χ2v) is 12.2. The van der Waals surface area contributed by atoms with Crippen molar-refractivity contribution in [2.45, 2.75) is 84.0 Å². The van der Waals surface area contributed by atoms with E-state index in [9.17, 15) is 5.11 Å².